The second-order valence-electron chi connectivity index (χ2n) is 9.10. The standard InChI is InChI=1S/C29H26ClN3O7S/c1-5-39-21(34)14-32-19-10-8-7-9-17(19)23(26(32)35)25-27(36)33-24(18-13-16(30)11-12-20(18)38-4)22(28(37)40-6-2)15(3)31-29(33)41-25/h7-13,24H,5-6,14H2,1-4H3/b25-23-/t24-/m0/s1. The summed E-state index contributed by atoms with van der Waals surface area (Å²) in [5, 5.41) is 0.373. The molecule has 212 valence electrons. The molecule has 1 amide bonds. The quantitative estimate of drug-likeness (QED) is 0.386. The van der Waals surface area contributed by atoms with E-state index in [0.717, 1.165) is 11.3 Å². The molecule has 0 radical (unpaired) electrons. The van der Waals surface area contributed by atoms with E-state index in [1.807, 2.05) is 0 Å². The Morgan fingerprint density at radius 3 is 2.51 bits per heavy atom. The van der Waals surface area contributed by atoms with Gasteiger partial charge >= 0.3 is 11.9 Å². The SMILES string of the molecule is CCOC(=O)CN1C(=O)/C(=c2\sc3n(c2=O)[C@@H](c2cc(Cl)ccc2OC)C(C(=O)OCC)=C(C)N=3)c2ccccc21. The van der Waals surface area contributed by atoms with Gasteiger partial charge in [0, 0.05) is 16.1 Å². The van der Waals surface area contributed by atoms with Crippen LogP contribution in [0.3, 0.4) is 0 Å². The smallest absolute Gasteiger partial charge is 0.338 e. The normalized spacial score (nSPS) is 17.1. The molecule has 2 aromatic carbocycles. The highest BCUT2D eigenvalue weighted by Gasteiger charge is 2.39. The maximum atomic E-state index is 14.3. The molecular weight excluding hydrogens is 570 g/mol. The number of hydrogen-bond donors (Lipinski definition) is 0. The van der Waals surface area contributed by atoms with Crippen molar-refractivity contribution in [1.82, 2.24) is 4.57 Å². The number of aromatic nitrogens is 1. The van der Waals surface area contributed by atoms with Crippen LogP contribution in [-0.4, -0.2) is 49.3 Å². The second-order valence-corrected chi connectivity index (χ2v) is 10.5. The summed E-state index contributed by atoms with van der Waals surface area (Å²) >= 11 is 7.39. The molecule has 0 saturated carbocycles. The summed E-state index contributed by atoms with van der Waals surface area (Å²) in [6.45, 7) is 5.01. The molecule has 1 atom stereocenters. The minimum Gasteiger partial charge on any atom is -0.496 e. The van der Waals surface area contributed by atoms with Crippen molar-refractivity contribution in [2.24, 2.45) is 4.99 Å². The molecule has 0 saturated heterocycles. The maximum Gasteiger partial charge on any atom is 0.338 e. The summed E-state index contributed by atoms with van der Waals surface area (Å²) < 4.78 is 17.5. The molecule has 3 aromatic rings. The lowest BCUT2D eigenvalue weighted by Crippen LogP contribution is -2.41. The minimum absolute atomic E-state index is 0.116. The Bertz CT molecular complexity index is 1810. The van der Waals surface area contributed by atoms with E-state index in [9.17, 15) is 19.2 Å². The van der Waals surface area contributed by atoms with Gasteiger partial charge < -0.3 is 14.2 Å². The van der Waals surface area contributed by atoms with Crippen LogP contribution < -0.4 is 24.5 Å². The van der Waals surface area contributed by atoms with Crippen LogP contribution in [0.5, 0.6) is 5.75 Å². The number of methoxy groups -OCH3 is 1. The Balaban J connectivity index is 1.80. The largest absolute Gasteiger partial charge is 0.496 e. The number of anilines is 1. The molecule has 5 rings (SSSR count). The highest BCUT2D eigenvalue weighted by molar-refractivity contribution is 7.07. The zero-order chi connectivity index (χ0) is 29.4. The number of amides is 1. The highest BCUT2D eigenvalue weighted by atomic mass is 35.5. The topological polar surface area (TPSA) is 116 Å². The van der Waals surface area contributed by atoms with Gasteiger partial charge in [0.15, 0.2) is 4.80 Å². The summed E-state index contributed by atoms with van der Waals surface area (Å²) in [6, 6.07) is 10.9. The molecule has 1 aromatic heterocycles. The molecule has 0 unspecified atom stereocenters. The van der Waals surface area contributed by atoms with Crippen LogP contribution in [-0.2, 0) is 23.9 Å². The Morgan fingerprint density at radius 2 is 1.80 bits per heavy atom. The lowest BCUT2D eigenvalue weighted by Gasteiger charge is -2.26. The molecule has 0 aliphatic carbocycles. The Kier molecular flexibility index (Phi) is 7.83. The number of thiazole rings is 1. The van der Waals surface area contributed by atoms with E-state index in [1.54, 1.807) is 63.2 Å². The number of para-hydroxylation sites is 1. The fourth-order valence-corrected chi connectivity index (χ4v) is 6.36. The van der Waals surface area contributed by atoms with Gasteiger partial charge in [0.1, 0.15) is 22.9 Å². The van der Waals surface area contributed by atoms with Crippen molar-refractivity contribution in [2.75, 3.05) is 31.8 Å². The van der Waals surface area contributed by atoms with Crippen molar-refractivity contribution in [3.63, 3.8) is 0 Å². The van der Waals surface area contributed by atoms with Crippen LogP contribution in [0, 0.1) is 0 Å². The lowest BCUT2D eigenvalue weighted by molar-refractivity contribution is -0.142. The third-order valence-electron chi connectivity index (χ3n) is 6.72. The molecule has 12 heteroatoms. The first-order valence-corrected chi connectivity index (χ1v) is 14.0. The van der Waals surface area contributed by atoms with E-state index in [2.05, 4.69) is 4.99 Å². The van der Waals surface area contributed by atoms with Crippen molar-refractivity contribution in [3.05, 3.63) is 89.6 Å². The number of halogens is 1. The van der Waals surface area contributed by atoms with E-state index >= 15 is 0 Å². The number of carbonyl (C=O) groups is 3. The summed E-state index contributed by atoms with van der Waals surface area (Å²) in [6.07, 6.45) is 0. The van der Waals surface area contributed by atoms with Gasteiger partial charge in [-0.3, -0.25) is 23.9 Å². The van der Waals surface area contributed by atoms with Crippen molar-refractivity contribution in [2.45, 2.75) is 26.8 Å². The average Bonchev–Trinajstić information content (AvgIpc) is 3.40. The number of hydrogen-bond acceptors (Lipinski definition) is 9. The number of rotatable bonds is 7. The summed E-state index contributed by atoms with van der Waals surface area (Å²) in [4.78, 5) is 59.8. The predicted molar refractivity (Wildman–Crippen MR) is 153 cm³/mol. The van der Waals surface area contributed by atoms with Crippen LogP contribution >= 0.6 is 22.9 Å². The highest BCUT2D eigenvalue weighted by Crippen LogP contribution is 2.38. The fourth-order valence-electron chi connectivity index (χ4n) is 5.05. The first-order chi connectivity index (χ1) is 19.7. The zero-order valence-electron chi connectivity index (χ0n) is 22.7. The molecule has 0 spiro atoms. The molecule has 3 heterocycles. The number of fused-ring (bicyclic) bond motifs is 2. The van der Waals surface area contributed by atoms with E-state index in [4.69, 9.17) is 25.8 Å². The van der Waals surface area contributed by atoms with Crippen LogP contribution in [0.1, 0.15) is 37.9 Å². The van der Waals surface area contributed by atoms with Gasteiger partial charge in [0.05, 0.1) is 42.9 Å². The van der Waals surface area contributed by atoms with Crippen molar-refractivity contribution in [3.8, 4) is 5.75 Å². The maximum absolute atomic E-state index is 14.3. The monoisotopic (exact) mass is 595 g/mol. The van der Waals surface area contributed by atoms with Crippen LogP contribution in [0.25, 0.3) is 5.57 Å². The number of allylic oxidation sites excluding steroid dienone is 1. The number of esters is 2. The van der Waals surface area contributed by atoms with Gasteiger partial charge in [-0.2, -0.15) is 0 Å². The number of ether oxygens (including phenoxy) is 3. The first kappa shape index (κ1) is 28.3. The van der Waals surface area contributed by atoms with E-state index in [-0.39, 0.29) is 40.2 Å². The number of nitrogens with zero attached hydrogens (tertiary/aromatic N) is 3. The number of carbonyl (C=O) groups excluding carboxylic acids is 3. The number of benzene rings is 2. The van der Waals surface area contributed by atoms with Gasteiger partial charge in [-0.25, -0.2) is 9.79 Å². The second kappa shape index (κ2) is 11.3. The van der Waals surface area contributed by atoms with E-state index in [0.29, 0.717) is 33.3 Å². The van der Waals surface area contributed by atoms with E-state index < -0.39 is 29.4 Å². The van der Waals surface area contributed by atoms with Crippen LogP contribution in [0.15, 0.2) is 63.5 Å². The van der Waals surface area contributed by atoms with Gasteiger partial charge in [-0.05, 0) is 45.0 Å². The van der Waals surface area contributed by atoms with Crippen molar-refractivity contribution >= 4 is 52.0 Å². The molecule has 2 aliphatic rings. The zero-order valence-corrected chi connectivity index (χ0v) is 24.3. The molecular formula is C29H26ClN3O7S. The third-order valence-corrected chi connectivity index (χ3v) is 8.01. The Labute approximate surface area is 243 Å². The van der Waals surface area contributed by atoms with Gasteiger partial charge in [0.2, 0.25) is 0 Å². The molecule has 2 aliphatic heterocycles. The van der Waals surface area contributed by atoms with Gasteiger partial charge in [-0.15, -0.1) is 0 Å². The molecule has 10 nitrogen and oxygen atoms in total. The van der Waals surface area contributed by atoms with Crippen LogP contribution in [0.4, 0.5) is 5.69 Å². The summed E-state index contributed by atoms with van der Waals surface area (Å²) in [5.74, 6) is -1.32. The predicted octanol–water partition coefficient (Wildman–Crippen LogP) is 2.74. The Hall–Kier alpha value is -4.22. The molecule has 0 fully saturated rings. The Morgan fingerprint density at radius 1 is 1.07 bits per heavy atom. The van der Waals surface area contributed by atoms with Crippen LogP contribution in [0.2, 0.25) is 5.02 Å². The molecule has 0 bridgehead atoms. The third kappa shape index (κ3) is 4.85. The lowest BCUT2D eigenvalue weighted by atomic mass is 9.95. The first-order valence-electron chi connectivity index (χ1n) is 12.8. The van der Waals surface area contributed by atoms with Crippen molar-refractivity contribution in [1.29, 1.82) is 0 Å². The molecule has 41 heavy (non-hydrogen) atoms. The molecule has 0 N–H and O–H groups in total. The van der Waals surface area contributed by atoms with Gasteiger partial charge in [0.25, 0.3) is 11.5 Å². The summed E-state index contributed by atoms with van der Waals surface area (Å²) in [7, 11) is 1.48. The van der Waals surface area contributed by atoms with Crippen molar-refractivity contribution < 1.29 is 28.6 Å². The summed E-state index contributed by atoms with van der Waals surface area (Å²) in [5.41, 5.74) is 1.56. The minimum atomic E-state index is -0.990. The van der Waals surface area contributed by atoms with Gasteiger partial charge in [-0.1, -0.05) is 41.1 Å². The van der Waals surface area contributed by atoms with E-state index in [1.165, 1.54) is 16.6 Å². The fraction of sp³-hybridized carbons (Fsp3) is 0.276. The average molecular weight is 596 g/mol.